The summed E-state index contributed by atoms with van der Waals surface area (Å²) in [6, 6.07) is 15.4. The third-order valence-electron chi connectivity index (χ3n) is 7.65. The molecule has 0 spiro atoms. The molecule has 3 nitrogen and oxygen atoms in total. The number of allylic oxidation sites excluding steroid dienone is 1. The first-order valence-corrected chi connectivity index (χ1v) is 12.9. The molecule has 1 N–H and O–H groups in total. The van der Waals surface area contributed by atoms with Crippen molar-refractivity contribution in [3.8, 4) is 0 Å². The number of halogens is 2. The summed E-state index contributed by atoms with van der Waals surface area (Å²) in [5.41, 5.74) is 0.587. The van der Waals surface area contributed by atoms with Gasteiger partial charge in [-0.3, -0.25) is 4.79 Å². The Morgan fingerprint density at radius 3 is 2.35 bits per heavy atom. The monoisotopic (exact) mass is 501 g/mol. The van der Waals surface area contributed by atoms with Crippen LogP contribution in [-0.4, -0.2) is 27.6 Å². The van der Waals surface area contributed by atoms with Crippen LogP contribution in [0.15, 0.2) is 61.2 Å². The van der Waals surface area contributed by atoms with Gasteiger partial charge in [-0.15, -0.1) is 6.58 Å². The van der Waals surface area contributed by atoms with Gasteiger partial charge in [-0.2, -0.15) is 0 Å². The lowest BCUT2D eigenvalue weighted by molar-refractivity contribution is -0.159. The molecule has 0 radical (unpaired) electrons. The first-order valence-electron chi connectivity index (χ1n) is 12.1. The van der Waals surface area contributed by atoms with Crippen LogP contribution >= 0.6 is 23.2 Å². The van der Waals surface area contributed by atoms with E-state index in [1.54, 1.807) is 0 Å². The van der Waals surface area contributed by atoms with Crippen LogP contribution in [0.5, 0.6) is 0 Å². The van der Waals surface area contributed by atoms with E-state index in [1.165, 1.54) is 0 Å². The van der Waals surface area contributed by atoms with E-state index in [0.29, 0.717) is 22.9 Å². The average Bonchev–Trinajstić information content (AvgIpc) is 2.77. The van der Waals surface area contributed by atoms with Gasteiger partial charge in [-0.1, -0.05) is 74.3 Å². The average molecular weight is 503 g/mol. The van der Waals surface area contributed by atoms with Crippen LogP contribution in [-0.2, 0) is 4.79 Å². The van der Waals surface area contributed by atoms with Crippen LogP contribution in [0.25, 0.3) is 0 Å². The van der Waals surface area contributed by atoms with Gasteiger partial charge in [0.1, 0.15) is 0 Å². The SMILES string of the molecule is C=CC[C@@]1(C)C[C@H](c2cccc(Cl)c2)[C@@H](c2ccc(Cl)cc2)N(C(CC)C(C)C(C)(C)O)C1=O. The number of hydrogen-bond acceptors (Lipinski definition) is 2. The summed E-state index contributed by atoms with van der Waals surface area (Å²) >= 11 is 12.7. The van der Waals surface area contributed by atoms with Crippen molar-refractivity contribution < 1.29 is 9.90 Å². The predicted molar refractivity (Wildman–Crippen MR) is 142 cm³/mol. The largest absolute Gasteiger partial charge is 0.390 e. The molecule has 1 aliphatic heterocycles. The van der Waals surface area contributed by atoms with Gasteiger partial charge in [0.05, 0.1) is 17.1 Å². The zero-order valence-electron chi connectivity index (χ0n) is 20.9. The highest BCUT2D eigenvalue weighted by Crippen LogP contribution is 2.53. The molecule has 5 atom stereocenters. The van der Waals surface area contributed by atoms with E-state index >= 15 is 0 Å². The standard InChI is InChI=1S/C29H37Cl2NO2/c1-7-16-29(6)18-24(21-10-9-11-23(31)17-21)26(20-12-14-22(30)15-13-20)32(27(29)33)25(8-2)19(3)28(4,5)34/h7,9-15,17,19,24-26,34H,1,8,16,18H2,2-6H3/t19?,24-,25?,26-,29+/m1/s1. The number of carbonyl (C=O) groups excluding carboxylic acids is 1. The molecule has 1 amide bonds. The molecular formula is C29H37Cl2NO2. The van der Waals surface area contributed by atoms with E-state index in [4.69, 9.17) is 23.2 Å². The summed E-state index contributed by atoms with van der Waals surface area (Å²) in [7, 11) is 0. The molecule has 0 saturated carbocycles. The van der Waals surface area contributed by atoms with Gasteiger partial charge >= 0.3 is 0 Å². The van der Waals surface area contributed by atoms with Crippen LogP contribution in [0.4, 0.5) is 0 Å². The quantitative estimate of drug-likeness (QED) is 0.374. The summed E-state index contributed by atoms with van der Waals surface area (Å²) < 4.78 is 0. The fourth-order valence-corrected chi connectivity index (χ4v) is 5.84. The fourth-order valence-electron chi connectivity index (χ4n) is 5.51. The summed E-state index contributed by atoms with van der Waals surface area (Å²) in [6.45, 7) is 13.8. The number of piperidine rings is 1. The number of likely N-dealkylation sites (tertiary alicyclic amines) is 1. The lowest BCUT2D eigenvalue weighted by atomic mass is 9.66. The molecule has 2 unspecified atom stereocenters. The number of carbonyl (C=O) groups is 1. The number of amides is 1. The molecule has 0 aliphatic carbocycles. The van der Waals surface area contributed by atoms with Crippen LogP contribution < -0.4 is 0 Å². The number of rotatable bonds is 8. The molecule has 1 aliphatic rings. The molecule has 2 aromatic rings. The van der Waals surface area contributed by atoms with Crippen LogP contribution in [0.2, 0.25) is 10.0 Å². The van der Waals surface area contributed by atoms with Crippen molar-refractivity contribution in [2.75, 3.05) is 0 Å². The van der Waals surface area contributed by atoms with Crippen LogP contribution in [0.3, 0.4) is 0 Å². The minimum Gasteiger partial charge on any atom is -0.390 e. The van der Waals surface area contributed by atoms with Crippen molar-refractivity contribution in [1.29, 1.82) is 0 Å². The molecule has 1 fully saturated rings. The minimum atomic E-state index is -0.941. The van der Waals surface area contributed by atoms with Crippen molar-refractivity contribution in [3.63, 3.8) is 0 Å². The summed E-state index contributed by atoms with van der Waals surface area (Å²) in [4.78, 5) is 16.4. The molecule has 184 valence electrons. The zero-order valence-corrected chi connectivity index (χ0v) is 22.4. The molecule has 1 heterocycles. The normalized spacial score (nSPS) is 25.2. The summed E-state index contributed by atoms with van der Waals surface area (Å²) in [5.74, 6) is -0.0125. The highest BCUT2D eigenvalue weighted by atomic mass is 35.5. The first-order chi connectivity index (χ1) is 15.9. The Bertz CT molecular complexity index is 1010. The van der Waals surface area contributed by atoms with Gasteiger partial charge < -0.3 is 10.0 Å². The number of hydrogen-bond donors (Lipinski definition) is 1. The second-order valence-electron chi connectivity index (χ2n) is 10.5. The second-order valence-corrected chi connectivity index (χ2v) is 11.4. The van der Waals surface area contributed by atoms with Gasteiger partial charge in [-0.25, -0.2) is 0 Å². The Morgan fingerprint density at radius 2 is 1.82 bits per heavy atom. The third kappa shape index (κ3) is 5.37. The van der Waals surface area contributed by atoms with Gasteiger partial charge in [-0.05, 0) is 68.5 Å². The zero-order chi connectivity index (χ0) is 25.3. The van der Waals surface area contributed by atoms with Crippen molar-refractivity contribution in [3.05, 3.63) is 82.4 Å². The first kappa shape index (κ1) is 26.8. The van der Waals surface area contributed by atoms with E-state index in [0.717, 1.165) is 17.5 Å². The van der Waals surface area contributed by atoms with Crippen molar-refractivity contribution in [2.24, 2.45) is 11.3 Å². The van der Waals surface area contributed by atoms with Gasteiger partial charge in [0.25, 0.3) is 0 Å². The van der Waals surface area contributed by atoms with Gasteiger partial charge in [0.2, 0.25) is 5.91 Å². The van der Waals surface area contributed by atoms with E-state index < -0.39 is 11.0 Å². The lowest BCUT2D eigenvalue weighted by Gasteiger charge is -2.54. The molecule has 0 bridgehead atoms. The smallest absolute Gasteiger partial charge is 0.229 e. The molecule has 1 saturated heterocycles. The highest BCUT2D eigenvalue weighted by Gasteiger charge is 2.52. The molecule has 0 aromatic heterocycles. The maximum atomic E-state index is 14.3. The van der Waals surface area contributed by atoms with Crippen LogP contribution in [0, 0.1) is 11.3 Å². The molecule has 5 heteroatoms. The Morgan fingerprint density at radius 1 is 1.18 bits per heavy atom. The fraction of sp³-hybridized carbons (Fsp3) is 0.483. The highest BCUT2D eigenvalue weighted by molar-refractivity contribution is 6.30. The number of benzene rings is 2. The van der Waals surface area contributed by atoms with Gasteiger partial charge in [0, 0.05) is 27.9 Å². The van der Waals surface area contributed by atoms with E-state index in [9.17, 15) is 9.90 Å². The third-order valence-corrected chi connectivity index (χ3v) is 8.14. The summed E-state index contributed by atoms with van der Waals surface area (Å²) in [5, 5.41) is 12.3. The minimum absolute atomic E-state index is 0.0191. The Hall–Kier alpha value is -1.81. The van der Waals surface area contributed by atoms with Crippen molar-refractivity contribution in [2.45, 2.75) is 77.5 Å². The topological polar surface area (TPSA) is 40.5 Å². The Kier molecular flexibility index (Phi) is 8.22. The summed E-state index contributed by atoms with van der Waals surface area (Å²) in [6.07, 6.45) is 3.83. The van der Waals surface area contributed by atoms with Crippen molar-refractivity contribution >= 4 is 29.1 Å². The Balaban J connectivity index is 2.27. The van der Waals surface area contributed by atoms with Crippen molar-refractivity contribution in [1.82, 2.24) is 4.90 Å². The number of aliphatic hydroxyl groups is 1. The predicted octanol–water partition coefficient (Wildman–Crippen LogP) is 7.82. The number of nitrogens with zero attached hydrogens (tertiary/aromatic N) is 1. The molecule has 2 aromatic carbocycles. The maximum absolute atomic E-state index is 14.3. The molecular weight excluding hydrogens is 465 g/mol. The van der Waals surface area contributed by atoms with E-state index in [-0.39, 0.29) is 29.8 Å². The Labute approximate surface area is 214 Å². The van der Waals surface area contributed by atoms with E-state index in [1.807, 2.05) is 76.2 Å². The van der Waals surface area contributed by atoms with Crippen LogP contribution in [0.1, 0.15) is 77.0 Å². The molecule has 3 rings (SSSR count). The van der Waals surface area contributed by atoms with E-state index in [2.05, 4.69) is 24.5 Å². The lowest BCUT2D eigenvalue weighted by Crippen LogP contribution is -2.59. The second kappa shape index (κ2) is 10.4. The molecule has 34 heavy (non-hydrogen) atoms. The van der Waals surface area contributed by atoms with Gasteiger partial charge in [0.15, 0.2) is 0 Å². The maximum Gasteiger partial charge on any atom is 0.229 e.